The van der Waals surface area contributed by atoms with E-state index in [0.717, 1.165) is 0 Å². The van der Waals surface area contributed by atoms with E-state index in [1.165, 1.54) is 22.3 Å². The molecule has 0 aromatic heterocycles. The van der Waals surface area contributed by atoms with Crippen LogP contribution in [0.1, 0.15) is 78.0 Å². The Morgan fingerprint density at radius 1 is 0.955 bits per heavy atom. The SMILES string of the molecule is CC.CC.C\C=C/C=C(\C=C/C)c1ccc(C)c(C(C)C)c1. The maximum absolute atomic E-state index is 2.31. The summed E-state index contributed by atoms with van der Waals surface area (Å²) in [6.45, 7) is 18.8. The maximum atomic E-state index is 2.31. The van der Waals surface area contributed by atoms with E-state index in [1.54, 1.807) is 0 Å². The van der Waals surface area contributed by atoms with Gasteiger partial charge in [0.15, 0.2) is 0 Å². The zero-order chi connectivity index (χ0) is 17.5. The molecule has 0 saturated carbocycles. The Labute approximate surface area is 139 Å². The third-order valence-electron chi connectivity index (χ3n) is 3.05. The van der Waals surface area contributed by atoms with E-state index < -0.39 is 0 Å². The van der Waals surface area contributed by atoms with Crippen LogP contribution in [0.5, 0.6) is 0 Å². The van der Waals surface area contributed by atoms with Crippen molar-refractivity contribution >= 4 is 5.57 Å². The second-order valence-electron chi connectivity index (χ2n) is 4.87. The number of benzene rings is 1. The average Bonchev–Trinajstić information content (AvgIpc) is 2.55. The largest absolute Gasteiger partial charge is 0.0876 e. The molecule has 0 heteroatoms. The van der Waals surface area contributed by atoms with Gasteiger partial charge in [0.1, 0.15) is 0 Å². The first-order valence-corrected chi connectivity index (χ1v) is 8.66. The third kappa shape index (κ3) is 8.02. The van der Waals surface area contributed by atoms with Gasteiger partial charge in [-0.3, -0.25) is 0 Å². The van der Waals surface area contributed by atoms with Crippen LogP contribution in [0.3, 0.4) is 0 Å². The Bertz CT molecular complexity index is 471. The molecule has 0 fully saturated rings. The number of hydrogen-bond acceptors (Lipinski definition) is 0. The van der Waals surface area contributed by atoms with Gasteiger partial charge < -0.3 is 0 Å². The van der Waals surface area contributed by atoms with Gasteiger partial charge in [-0.25, -0.2) is 0 Å². The number of allylic oxidation sites excluding steroid dienone is 6. The van der Waals surface area contributed by atoms with E-state index >= 15 is 0 Å². The minimum absolute atomic E-state index is 0.568. The van der Waals surface area contributed by atoms with Gasteiger partial charge in [-0.05, 0) is 49.0 Å². The minimum Gasteiger partial charge on any atom is -0.0876 e. The van der Waals surface area contributed by atoms with Gasteiger partial charge in [0, 0.05) is 0 Å². The van der Waals surface area contributed by atoms with Gasteiger partial charge in [0.2, 0.25) is 0 Å². The van der Waals surface area contributed by atoms with Crippen molar-refractivity contribution in [2.45, 2.75) is 68.2 Å². The summed E-state index contributed by atoms with van der Waals surface area (Å²) in [7, 11) is 0. The quantitative estimate of drug-likeness (QED) is 0.499. The van der Waals surface area contributed by atoms with Crippen molar-refractivity contribution in [3.05, 3.63) is 65.3 Å². The van der Waals surface area contributed by atoms with Gasteiger partial charge in [0.25, 0.3) is 0 Å². The Hall–Kier alpha value is -1.56. The molecule has 0 nitrogen and oxygen atoms in total. The van der Waals surface area contributed by atoms with Crippen LogP contribution in [-0.4, -0.2) is 0 Å². The molecule has 0 radical (unpaired) electrons. The van der Waals surface area contributed by atoms with Crippen molar-refractivity contribution in [2.24, 2.45) is 0 Å². The van der Waals surface area contributed by atoms with Crippen LogP contribution in [-0.2, 0) is 0 Å². The van der Waals surface area contributed by atoms with Crippen LogP contribution in [0, 0.1) is 6.92 Å². The fourth-order valence-corrected chi connectivity index (χ4v) is 2.07. The maximum Gasteiger partial charge on any atom is -0.0181 e. The predicted octanol–water partition coefficient (Wildman–Crippen LogP) is 7.71. The Balaban J connectivity index is 0. The highest BCUT2D eigenvalue weighted by Gasteiger charge is 2.05. The van der Waals surface area contributed by atoms with Crippen molar-refractivity contribution in [2.75, 3.05) is 0 Å². The third-order valence-corrected chi connectivity index (χ3v) is 3.05. The zero-order valence-electron chi connectivity index (χ0n) is 16.2. The number of hydrogen-bond donors (Lipinski definition) is 0. The predicted molar refractivity (Wildman–Crippen MR) is 106 cm³/mol. The van der Waals surface area contributed by atoms with Gasteiger partial charge in [-0.1, -0.05) is 90.1 Å². The topological polar surface area (TPSA) is 0 Å². The van der Waals surface area contributed by atoms with Crippen LogP contribution in [0.25, 0.3) is 5.57 Å². The van der Waals surface area contributed by atoms with E-state index in [2.05, 4.69) is 76.3 Å². The van der Waals surface area contributed by atoms with Crippen molar-refractivity contribution < 1.29 is 0 Å². The fourth-order valence-electron chi connectivity index (χ4n) is 2.07. The lowest BCUT2D eigenvalue weighted by molar-refractivity contribution is 0.856. The van der Waals surface area contributed by atoms with Crippen LogP contribution < -0.4 is 0 Å². The second kappa shape index (κ2) is 14.4. The molecule has 1 aromatic carbocycles. The van der Waals surface area contributed by atoms with Crippen molar-refractivity contribution in [1.29, 1.82) is 0 Å². The Morgan fingerprint density at radius 2 is 1.55 bits per heavy atom. The summed E-state index contributed by atoms with van der Waals surface area (Å²) in [6.07, 6.45) is 10.6. The molecule has 0 N–H and O–H groups in total. The minimum atomic E-state index is 0.568. The van der Waals surface area contributed by atoms with Crippen molar-refractivity contribution in [1.82, 2.24) is 0 Å². The standard InChI is InChI=1S/C18H24.2C2H6/c1-6-8-10-16(9-7-2)17-12-11-15(5)18(13-17)14(3)4;2*1-2/h6-14H,1-5H3;2*1-2H3/b8-6-,9-7-,16-10+;;. The molecule has 0 heterocycles. The van der Waals surface area contributed by atoms with Crippen molar-refractivity contribution in [3.63, 3.8) is 0 Å². The zero-order valence-corrected chi connectivity index (χ0v) is 16.2. The van der Waals surface area contributed by atoms with Crippen LogP contribution in [0.2, 0.25) is 0 Å². The first-order valence-electron chi connectivity index (χ1n) is 8.66. The van der Waals surface area contributed by atoms with E-state index in [-0.39, 0.29) is 0 Å². The first kappa shape index (κ1) is 22.7. The summed E-state index contributed by atoms with van der Waals surface area (Å²) in [5, 5.41) is 0. The van der Waals surface area contributed by atoms with Crippen LogP contribution in [0.4, 0.5) is 0 Å². The molecule has 0 bridgehead atoms. The fraction of sp³-hybridized carbons (Fsp3) is 0.455. The van der Waals surface area contributed by atoms with Crippen LogP contribution in [0.15, 0.2) is 48.6 Å². The molecule has 1 aromatic rings. The van der Waals surface area contributed by atoms with Crippen molar-refractivity contribution in [3.8, 4) is 0 Å². The molecule has 0 aliphatic heterocycles. The molecule has 0 atom stereocenters. The molecule has 0 aliphatic rings. The molecular formula is C22H36. The monoisotopic (exact) mass is 300 g/mol. The van der Waals surface area contributed by atoms with E-state index in [9.17, 15) is 0 Å². The summed E-state index contributed by atoms with van der Waals surface area (Å²) in [5.41, 5.74) is 5.36. The van der Waals surface area contributed by atoms with E-state index in [0.29, 0.717) is 5.92 Å². The number of aryl methyl sites for hydroxylation is 1. The molecule has 0 saturated heterocycles. The average molecular weight is 301 g/mol. The molecule has 124 valence electrons. The highest BCUT2D eigenvalue weighted by molar-refractivity contribution is 5.75. The lowest BCUT2D eigenvalue weighted by Gasteiger charge is -2.12. The normalized spacial score (nSPS) is 11.3. The lowest BCUT2D eigenvalue weighted by atomic mass is 9.93. The molecule has 0 aliphatic carbocycles. The summed E-state index contributed by atoms with van der Waals surface area (Å²) < 4.78 is 0. The Kier molecular flexibility index (Phi) is 14.8. The first-order chi connectivity index (χ1) is 10.6. The summed E-state index contributed by atoms with van der Waals surface area (Å²) >= 11 is 0. The van der Waals surface area contributed by atoms with Gasteiger partial charge >= 0.3 is 0 Å². The Morgan fingerprint density at radius 3 is 2.00 bits per heavy atom. The summed E-state index contributed by atoms with van der Waals surface area (Å²) in [5.74, 6) is 0.568. The van der Waals surface area contributed by atoms with E-state index in [1.807, 2.05) is 34.6 Å². The highest BCUT2D eigenvalue weighted by Crippen LogP contribution is 2.25. The van der Waals surface area contributed by atoms with E-state index in [4.69, 9.17) is 0 Å². The second-order valence-corrected chi connectivity index (χ2v) is 4.87. The lowest BCUT2D eigenvalue weighted by Crippen LogP contribution is -1.94. The number of rotatable bonds is 4. The molecular weight excluding hydrogens is 264 g/mol. The molecule has 0 spiro atoms. The molecule has 1 rings (SSSR count). The van der Waals surface area contributed by atoms with Gasteiger partial charge in [0.05, 0.1) is 0 Å². The highest BCUT2D eigenvalue weighted by atomic mass is 14.1. The summed E-state index contributed by atoms with van der Waals surface area (Å²) in [6, 6.07) is 6.74. The van der Waals surface area contributed by atoms with Gasteiger partial charge in [-0.2, -0.15) is 0 Å². The van der Waals surface area contributed by atoms with Gasteiger partial charge in [-0.15, -0.1) is 0 Å². The molecule has 0 amide bonds. The smallest absolute Gasteiger partial charge is 0.0181 e. The van der Waals surface area contributed by atoms with Crippen LogP contribution >= 0.6 is 0 Å². The summed E-state index contributed by atoms with van der Waals surface area (Å²) in [4.78, 5) is 0. The molecule has 22 heavy (non-hydrogen) atoms. The molecule has 0 unspecified atom stereocenters.